The fraction of sp³-hybridized carbons (Fsp3) is 0.308. The predicted molar refractivity (Wildman–Crippen MR) is 64.2 cm³/mol. The minimum Gasteiger partial charge on any atom is -0.299 e. The Hall–Kier alpha value is -1.08. The minimum atomic E-state index is 0.236. The lowest BCUT2D eigenvalue weighted by Gasteiger charge is -2.01. The van der Waals surface area contributed by atoms with Crippen LogP contribution in [0.1, 0.15) is 25.3 Å². The first kappa shape index (κ1) is 12.0. The molecule has 0 unspecified atom stereocenters. The maximum absolute atomic E-state index is 11.5. The molecular formula is C13H15ClO. The second kappa shape index (κ2) is 5.72. The van der Waals surface area contributed by atoms with Crippen LogP contribution in [0.4, 0.5) is 0 Å². The van der Waals surface area contributed by atoms with Crippen molar-refractivity contribution in [3.8, 4) is 0 Å². The topological polar surface area (TPSA) is 17.1 Å². The summed E-state index contributed by atoms with van der Waals surface area (Å²) >= 11 is 5.83. The van der Waals surface area contributed by atoms with Gasteiger partial charge in [0.1, 0.15) is 5.78 Å². The summed E-state index contributed by atoms with van der Waals surface area (Å²) in [6, 6.07) is 7.43. The van der Waals surface area contributed by atoms with E-state index in [1.165, 1.54) is 0 Å². The zero-order valence-corrected chi connectivity index (χ0v) is 9.68. The molecule has 0 aliphatic heterocycles. The van der Waals surface area contributed by atoms with Crippen LogP contribution >= 0.6 is 11.6 Å². The van der Waals surface area contributed by atoms with Crippen molar-refractivity contribution in [1.82, 2.24) is 0 Å². The van der Waals surface area contributed by atoms with Crippen molar-refractivity contribution in [2.45, 2.75) is 26.2 Å². The number of carbonyl (C=O) groups excluding carboxylic acids is 1. The molecule has 0 spiro atoms. The SMILES string of the molecule is C=C(C)CCC(=O)Cc1cccc(Cl)c1. The summed E-state index contributed by atoms with van der Waals surface area (Å²) in [6.45, 7) is 5.71. The molecule has 0 aliphatic rings. The number of rotatable bonds is 5. The molecule has 0 bridgehead atoms. The zero-order valence-electron chi connectivity index (χ0n) is 8.92. The number of halogens is 1. The lowest BCUT2D eigenvalue weighted by Crippen LogP contribution is -2.02. The van der Waals surface area contributed by atoms with Gasteiger partial charge in [-0.2, -0.15) is 0 Å². The second-order valence-corrected chi connectivity index (χ2v) is 4.24. The number of hydrogen-bond acceptors (Lipinski definition) is 1. The van der Waals surface area contributed by atoms with Gasteiger partial charge in [0, 0.05) is 17.9 Å². The van der Waals surface area contributed by atoms with Gasteiger partial charge in [-0.3, -0.25) is 4.79 Å². The van der Waals surface area contributed by atoms with Crippen LogP contribution in [-0.2, 0) is 11.2 Å². The molecule has 1 aromatic rings. The van der Waals surface area contributed by atoms with Crippen LogP contribution in [0.15, 0.2) is 36.4 Å². The van der Waals surface area contributed by atoms with Crippen molar-refractivity contribution in [1.29, 1.82) is 0 Å². The van der Waals surface area contributed by atoms with Gasteiger partial charge in [-0.15, -0.1) is 6.58 Å². The third kappa shape index (κ3) is 4.80. The molecule has 0 aromatic heterocycles. The van der Waals surface area contributed by atoms with Gasteiger partial charge >= 0.3 is 0 Å². The summed E-state index contributed by atoms with van der Waals surface area (Å²) < 4.78 is 0. The Morgan fingerprint density at radius 1 is 1.40 bits per heavy atom. The van der Waals surface area contributed by atoms with Crippen LogP contribution in [-0.4, -0.2) is 5.78 Å². The highest BCUT2D eigenvalue weighted by Crippen LogP contribution is 2.12. The molecule has 2 heteroatoms. The monoisotopic (exact) mass is 222 g/mol. The van der Waals surface area contributed by atoms with Crippen LogP contribution < -0.4 is 0 Å². The molecule has 0 amide bonds. The predicted octanol–water partition coefficient (Wildman–Crippen LogP) is 3.81. The molecule has 1 aromatic carbocycles. The summed E-state index contributed by atoms with van der Waals surface area (Å²) in [6.07, 6.45) is 1.81. The molecule has 0 fully saturated rings. The van der Waals surface area contributed by atoms with Gasteiger partial charge in [0.25, 0.3) is 0 Å². The Morgan fingerprint density at radius 3 is 2.73 bits per heavy atom. The van der Waals surface area contributed by atoms with Gasteiger partial charge in [-0.1, -0.05) is 29.3 Å². The van der Waals surface area contributed by atoms with E-state index in [0.717, 1.165) is 17.6 Å². The summed E-state index contributed by atoms with van der Waals surface area (Å²) in [5.41, 5.74) is 2.03. The third-order valence-corrected chi connectivity index (χ3v) is 2.36. The number of benzene rings is 1. The first-order chi connectivity index (χ1) is 7.08. The lowest BCUT2D eigenvalue weighted by atomic mass is 10.0. The number of Topliss-reactive ketones (excluding diaryl/α,β-unsaturated/α-hetero) is 1. The fourth-order valence-electron chi connectivity index (χ4n) is 1.32. The Bertz CT molecular complexity index is 369. The summed E-state index contributed by atoms with van der Waals surface area (Å²) in [4.78, 5) is 11.5. The molecule has 0 saturated heterocycles. The van der Waals surface area contributed by atoms with E-state index < -0.39 is 0 Å². The minimum absolute atomic E-state index is 0.236. The van der Waals surface area contributed by atoms with E-state index in [1.54, 1.807) is 0 Å². The van der Waals surface area contributed by atoms with Gasteiger partial charge in [0.05, 0.1) is 0 Å². The maximum Gasteiger partial charge on any atom is 0.137 e. The fourth-order valence-corrected chi connectivity index (χ4v) is 1.53. The van der Waals surface area contributed by atoms with Crippen LogP contribution in [0, 0.1) is 0 Å². The standard InChI is InChI=1S/C13H15ClO/c1-10(2)6-7-13(15)9-11-4-3-5-12(14)8-11/h3-5,8H,1,6-7,9H2,2H3. The molecule has 0 N–H and O–H groups in total. The molecule has 0 saturated carbocycles. The molecule has 1 rings (SSSR count). The molecular weight excluding hydrogens is 208 g/mol. The first-order valence-electron chi connectivity index (χ1n) is 4.98. The van der Waals surface area contributed by atoms with Crippen molar-refractivity contribution in [2.24, 2.45) is 0 Å². The molecule has 0 aliphatic carbocycles. The highest BCUT2D eigenvalue weighted by atomic mass is 35.5. The second-order valence-electron chi connectivity index (χ2n) is 3.80. The maximum atomic E-state index is 11.5. The van der Waals surface area contributed by atoms with Crippen LogP contribution in [0.3, 0.4) is 0 Å². The van der Waals surface area contributed by atoms with E-state index in [1.807, 2.05) is 31.2 Å². The molecule has 0 heterocycles. The summed E-state index contributed by atoms with van der Waals surface area (Å²) in [7, 11) is 0. The van der Waals surface area contributed by atoms with Gasteiger partial charge in [-0.25, -0.2) is 0 Å². The molecule has 80 valence electrons. The summed E-state index contributed by atoms with van der Waals surface area (Å²) in [5, 5.41) is 0.681. The third-order valence-electron chi connectivity index (χ3n) is 2.12. The van der Waals surface area contributed by atoms with E-state index in [-0.39, 0.29) is 5.78 Å². The largest absolute Gasteiger partial charge is 0.299 e. The van der Waals surface area contributed by atoms with Crippen molar-refractivity contribution >= 4 is 17.4 Å². The Kier molecular flexibility index (Phi) is 4.57. The Labute approximate surface area is 95.8 Å². The smallest absolute Gasteiger partial charge is 0.137 e. The molecule has 1 nitrogen and oxygen atoms in total. The Balaban J connectivity index is 2.48. The molecule has 15 heavy (non-hydrogen) atoms. The van der Waals surface area contributed by atoms with Crippen molar-refractivity contribution < 1.29 is 4.79 Å². The van der Waals surface area contributed by atoms with E-state index in [0.29, 0.717) is 17.9 Å². The molecule has 0 radical (unpaired) electrons. The van der Waals surface area contributed by atoms with E-state index >= 15 is 0 Å². The van der Waals surface area contributed by atoms with Crippen LogP contribution in [0.25, 0.3) is 0 Å². The van der Waals surface area contributed by atoms with Crippen molar-refractivity contribution in [2.75, 3.05) is 0 Å². The zero-order chi connectivity index (χ0) is 11.3. The van der Waals surface area contributed by atoms with Crippen LogP contribution in [0.5, 0.6) is 0 Å². The van der Waals surface area contributed by atoms with Gasteiger partial charge in [-0.05, 0) is 31.0 Å². The van der Waals surface area contributed by atoms with Crippen molar-refractivity contribution in [3.05, 3.63) is 47.0 Å². The van der Waals surface area contributed by atoms with Gasteiger partial charge < -0.3 is 0 Å². The lowest BCUT2D eigenvalue weighted by molar-refractivity contribution is -0.118. The Morgan fingerprint density at radius 2 is 2.13 bits per heavy atom. The normalized spacial score (nSPS) is 10.0. The first-order valence-corrected chi connectivity index (χ1v) is 5.36. The number of carbonyl (C=O) groups is 1. The van der Waals surface area contributed by atoms with E-state index in [4.69, 9.17) is 11.6 Å². The number of allylic oxidation sites excluding steroid dienone is 1. The number of hydrogen-bond donors (Lipinski definition) is 0. The van der Waals surface area contributed by atoms with Gasteiger partial charge in [0.15, 0.2) is 0 Å². The molecule has 0 atom stereocenters. The highest BCUT2D eigenvalue weighted by molar-refractivity contribution is 6.30. The van der Waals surface area contributed by atoms with Crippen LogP contribution in [0.2, 0.25) is 5.02 Å². The van der Waals surface area contributed by atoms with E-state index in [9.17, 15) is 4.79 Å². The highest BCUT2D eigenvalue weighted by Gasteiger charge is 2.03. The average Bonchev–Trinajstić information content (AvgIpc) is 2.15. The number of ketones is 1. The van der Waals surface area contributed by atoms with Crippen molar-refractivity contribution in [3.63, 3.8) is 0 Å². The van der Waals surface area contributed by atoms with E-state index in [2.05, 4.69) is 6.58 Å². The quantitative estimate of drug-likeness (QED) is 0.693. The van der Waals surface area contributed by atoms with Gasteiger partial charge in [0.2, 0.25) is 0 Å². The average molecular weight is 223 g/mol. The summed E-state index contributed by atoms with van der Waals surface area (Å²) in [5.74, 6) is 0.236.